The number of hydrogen-bond donors (Lipinski definition) is 1. The van der Waals surface area contributed by atoms with E-state index in [1.165, 1.54) is 37.4 Å². The van der Waals surface area contributed by atoms with E-state index in [-0.39, 0.29) is 22.8 Å². The molecular weight excluding hydrogens is 339 g/mol. The maximum atomic E-state index is 13.3. The van der Waals surface area contributed by atoms with E-state index in [9.17, 15) is 19.3 Å². The lowest BCUT2D eigenvalue weighted by molar-refractivity contribution is -0.385. The molecule has 24 heavy (non-hydrogen) atoms. The van der Waals surface area contributed by atoms with E-state index in [4.69, 9.17) is 16.3 Å². The fourth-order valence-electron chi connectivity index (χ4n) is 2.17. The summed E-state index contributed by atoms with van der Waals surface area (Å²) < 4.78 is 18.5. The van der Waals surface area contributed by atoms with Gasteiger partial charge in [-0.15, -0.1) is 0 Å². The molecule has 2 rings (SSSR count). The van der Waals surface area contributed by atoms with Crippen LogP contribution in [0.2, 0.25) is 5.02 Å². The van der Waals surface area contributed by atoms with Gasteiger partial charge in [0.15, 0.2) is 0 Å². The van der Waals surface area contributed by atoms with Crippen molar-refractivity contribution in [2.45, 2.75) is 6.10 Å². The summed E-state index contributed by atoms with van der Waals surface area (Å²) in [5.41, 5.74) is 0.0385. The summed E-state index contributed by atoms with van der Waals surface area (Å²) in [4.78, 5) is 22.6. The average molecular weight is 353 g/mol. The number of hydrogen-bond acceptors (Lipinski definition) is 4. The van der Waals surface area contributed by atoms with Crippen LogP contribution in [0.1, 0.15) is 22.0 Å². The van der Waals surface area contributed by atoms with Crippen LogP contribution in [0.15, 0.2) is 42.5 Å². The van der Waals surface area contributed by atoms with Crippen molar-refractivity contribution in [2.75, 3.05) is 13.7 Å². The summed E-state index contributed by atoms with van der Waals surface area (Å²) in [7, 11) is 1.42. The van der Waals surface area contributed by atoms with Crippen molar-refractivity contribution < 1.29 is 18.8 Å². The van der Waals surface area contributed by atoms with E-state index < -0.39 is 22.8 Å². The first-order valence-corrected chi connectivity index (χ1v) is 7.30. The first kappa shape index (κ1) is 17.8. The highest BCUT2D eigenvalue weighted by Crippen LogP contribution is 2.23. The zero-order valence-electron chi connectivity index (χ0n) is 12.7. The number of halogens is 2. The molecule has 0 aliphatic heterocycles. The smallest absolute Gasteiger partial charge is 0.282 e. The molecule has 0 heterocycles. The van der Waals surface area contributed by atoms with Crippen LogP contribution in [0.25, 0.3) is 0 Å². The molecule has 0 bridgehead atoms. The van der Waals surface area contributed by atoms with Crippen LogP contribution < -0.4 is 5.32 Å². The fourth-order valence-corrected chi connectivity index (χ4v) is 2.35. The molecule has 0 saturated carbocycles. The van der Waals surface area contributed by atoms with Crippen molar-refractivity contribution in [3.63, 3.8) is 0 Å². The number of benzene rings is 2. The summed E-state index contributed by atoms with van der Waals surface area (Å²) >= 11 is 5.80. The summed E-state index contributed by atoms with van der Waals surface area (Å²) in [6.45, 7) is 0.0163. The third kappa shape index (κ3) is 4.27. The topological polar surface area (TPSA) is 81.5 Å². The second-order valence-corrected chi connectivity index (χ2v) is 5.34. The molecule has 8 heteroatoms. The predicted molar refractivity (Wildman–Crippen MR) is 86.6 cm³/mol. The zero-order valence-corrected chi connectivity index (χ0v) is 13.4. The molecule has 1 atom stereocenters. The number of methoxy groups -OCH3 is 1. The number of nitrogens with one attached hydrogen (secondary N) is 1. The number of carbonyl (C=O) groups excluding carboxylic acids is 1. The predicted octanol–water partition coefficient (Wildman–Crippen LogP) is 3.50. The van der Waals surface area contributed by atoms with Gasteiger partial charge in [-0.25, -0.2) is 4.39 Å². The van der Waals surface area contributed by atoms with Gasteiger partial charge in [0.1, 0.15) is 11.4 Å². The maximum absolute atomic E-state index is 13.3. The van der Waals surface area contributed by atoms with Crippen LogP contribution in [0, 0.1) is 15.9 Å². The van der Waals surface area contributed by atoms with Crippen LogP contribution >= 0.6 is 11.6 Å². The third-order valence-electron chi connectivity index (χ3n) is 3.35. The lowest BCUT2D eigenvalue weighted by Gasteiger charge is -2.16. The van der Waals surface area contributed by atoms with Crippen molar-refractivity contribution in [3.8, 4) is 0 Å². The first-order chi connectivity index (χ1) is 11.4. The Labute approximate surface area is 142 Å². The fraction of sp³-hybridized carbons (Fsp3) is 0.188. The Morgan fingerprint density at radius 1 is 1.38 bits per heavy atom. The Kier molecular flexibility index (Phi) is 5.83. The van der Waals surface area contributed by atoms with Crippen molar-refractivity contribution in [2.24, 2.45) is 0 Å². The molecule has 1 amide bonds. The number of carbonyl (C=O) groups is 1. The van der Waals surface area contributed by atoms with Crippen LogP contribution in [0.3, 0.4) is 0 Å². The van der Waals surface area contributed by atoms with Gasteiger partial charge in [-0.2, -0.15) is 0 Å². The van der Waals surface area contributed by atoms with Gasteiger partial charge in [0, 0.05) is 24.7 Å². The first-order valence-electron chi connectivity index (χ1n) is 6.92. The summed E-state index contributed by atoms with van der Waals surface area (Å²) in [5.74, 6) is -1.09. The highest BCUT2D eigenvalue weighted by molar-refractivity contribution is 6.31. The summed E-state index contributed by atoms with van der Waals surface area (Å²) in [6, 6.07) is 9.50. The highest BCUT2D eigenvalue weighted by atomic mass is 35.5. The lowest BCUT2D eigenvalue weighted by atomic mass is 10.1. The second-order valence-electron chi connectivity index (χ2n) is 4.91. The van der Waals surface area contributed by atoms with E-state index in [1.807, 2.05) is 0 Å². The quantitative estimate of drug-likeness (QED) is 0.637. The third-order valence-corrected chi connectivity index (χ3v) is 3.59. The molecule has 2 aromatic carbocycles. The zero-order chi connectivity index (χ0) is 17.7. The normalized spacial score (nSPS) is 11.8. The highest BCUT2D eigenvalue weighted by Gasteiger charge is 2.21. The van der Waals surface area contributed by atoms with Gasteiger partial charge in [-0.1, -0.05) is 23.7 Å². The number of nitro groups is 1. The molecule has 0 spiro atoms. The molecule has 2 aromatic rings. The maximum Gasteiger partial charge on any atom is 0.282 e. The summed E-state index contributed by atoms with van der Waals surface area (Å²) in [6.07, 6.45) is -0.595. The van der Waals surface area contributed by atoms with E-state index in [0.29, 0.717) is 5.56 Å². The molecule has 126 valence electrons. The molecule has 0 fully saturated rings. The lowest BCUT2D eigenvalue weighted by Crippen LogP contribution is -2.29. The molecule has 1 unspecified atom stereocenters. The monoisotopic (exact) mass is 352 g/mol. The molecular formula is C16H14ClFN2O4. The molecule has 0 aromatic heterocycles. The van der Waals surface area contributed by atoms with E-state index in [1.54, 1.807) is 6.07 Å². The minimum absolute atomic E-state index is 0.0163. The van der Waals surface area contributed by atoms with Gasteiger partial charge in [0.25, 0.3) is 11.6 Å². The van der Waals surface area contributed by atoms with Crippen molar-refractivity contribution >= 4 is 23.2 Å². The van der Waals surface area contributed by atoms with Crippen LogP contribution in [0.4, 0.5) is 10.1 Å². The molecule has 0 aliphatic carbocycles. The van der Waals surface area contributed by atoms with Gasteiger partial charge in [0.2, 0.25) is 0 Å². The average Bonchev–Trinajstić information content (AvgIpc) is 2.55. The molecule has 6 nitrogen and oxygen atoms in total. The molecule has 0 saturated heterocycles. The Balaban J connectivity index is 2.15. The van der Waals surface area contributed by atoms with Crippen molar-refractivity contribution in [1.82, 2.24) is 5.32 Å². The van der Waals surface area contributed by atoms with E-state index in [2.05, 4.69) is 5.32 Å². The summed E-state index contributed by atoms with van der Waals surface area (Å²) in [5, 5.41) is 13.8. The van der Waals surface area contributed by atoms with Crippen LogP contribution in [0.5, 0.6) is 0 Å². The standard InChI is InChI=1S/C16H14ClFN2O4/c1-24-15(10-3-2-4-12(18)7-10)9-19-16(21)13-8-11(17)5-6-14(13)20(22)23/h2-8,15H,9H2,1H3,(H,19,21). The number of ether oxygens (including phenoxy) is 1. The number of nitro benzene ring substituents is 1. The van der Waals surface area contributed by atoms with Crippen molar-refractivity contribution in [3.05, 3.63) is 74.5 Å². The van der Waals surface area contributed by atoms with Gasteiger partial charge in [0.05, 0.1) is 11.0 Å². The number of nitrogens with zero attached hydrogens (tertiary/aromatic N) is 1. The minimum Gasteiger partial charge on any atom is -0.375 e. The number of amides is 1. The molecule has 0 radical (unpaired) electrons. The van der Waals surface area contributed by atoms with Gasteiger partial charge >= 0.3 is 0 Å². The van der Waals surface area contributed by atoms with Gasteiger partial charge < -0.3 is 10.1 Å². The number of rotatable bonds is 6. The van der Waals surface area contributed by atoms with E-state index >= 15 is 0 Å². The Morgan fingerprint density at radius 2 is 2.12 bits per heavy atom. The van der Waals surface area contributed by atoms with Crippen LogP contribution in [-0.4, -0.2) is 24.5 Å². The van der Waals surface area contributed by atoms with Crippen molar-refractivity contribution in [1.29, 1.82) is 0 Å². The minimum atomic E-state index is -0.664. The van der Waals surface area contributed by atoms with Gasteiger partial charge in [-0.3, -0.25) is 14.9 Å². The van der Waals surface area contributed by atoms with Gasteiger partial charge in [-0.05, 0) is 29.8 Å². The molecule has 0 aliphatic rings. The Hall–Kier alpha value is -2.51. The second kappa shape index (κ2) is 7.85. The van der Waals surface area contributed by atoms with Crippen LogP contribution in [-0.2, 0) is 4.74 Å². The van der Waals surface area contributed by atoms with E-state index in [0.717, 1.165) is 6.07 Å². The Morgan fingerprint density at radius 3 is 2.75 bits per heavy atom. The molecule has 1 N–H and O–H groups in total. The largest absolute Gasteiger partial charge is 0.375 e. The SMILES string of the molecule is COC(CNC(=O)c1cc(Cl)ccc1[N+](=O)[O-])c1cccc(F)c1. The Bertz CT molecular complexity index is 769.